The van der Waals surface area contributed by atoms with Gasteiger partial charge in [0, 0.05) is 37.7 Å². The standard InChI is InChI=1S/C22H26ClN4O2S/c1-2-26-30(28)22-5-3-21(4-6-22)29-16-20-15-27(10-8-25-20)9-7-17-11-18(14-24)13-19(23)12-17/h3-6,11-13,20,25H,2,7-10,15-16H2,1H3/q-1/t20-/m0/s1. The van der Waals surface area contributed by atoms with Crippen molar-refractivity contribution in [1.29, 1.82) is 5.26 Å². The molecule has 1 N–H and O–H groups in total. The first-order valence-corrected chi connectivity index (χ1v) is 11.5. The van der Waals surface area contributed by atoms with Crippen LogP contribution in [0.5, 0.6) is 5.75 Å². The first-order valence-electron chi connectivity index (χ1n) is 10.0. The maximum atomic E-state index is 11.9. The van der Waals surface area contributed by atoms with Crippen LogP contribution in [0.25, 0.3) is 0 Å². The predicted molar refractivity (Wildman–Crippen MR) is 119 cm³/mol. The largest absolute Gasteiger partial charge is 0.492 e. The van der Waals surface area contributed by atoms with E-state index in [9.17, 15) is 4.21 Å². The second kappa shape index (κ2) is 11.3. The molecule has 0 radical (unpaired) electrons. The van der Waals surface area contributed by atoms with Crippen molar-refractivity contribution in [2.45, 2.75) is 24.3 Å². The molecule has 1 saturated heterocycles. The molecule has 0 saturated carbocycles. The van der Waals surface area contributed by atoms with E-state index in [0.29, 0.717) is 28.6 Å². The molecule has 0 unspecified atom stereocenters. The van der Waals surface area contributed by atoms with Crippen molar-refractivity contribution in [1.82, 2.24) is 10.2 Å². The molecule has 3 rings (SSSR count). The van der Waals surface area contributed by atoms with Crippen LogP contribution >= 0.6 is 11.6 Å². The molecular formula is C22H26ClN4O2S-. The number of hydrogen-bond donors (Lipinski definition) is 1. The van der Waals surface area contributed by atoms with E-state index >= 15 is 0 Å². The Hall–Kier alpha value is -2.11. The van der Waals surface area contributed by atoms with Crippen LogP contribution in [0, 0.1) is 11.3 Å². The Morgan fingerprint density at radius 3 is 2.87 bits per heavy atom. The van der Waals surface area contributed by atoms with E-state index in [1.807, 2.05) is 31.2 Å². The highest BCUT2D eigenvalue weighted by molar-refractivity contribution is 7.74. The molecule has 1 fully saturated rings. The highest BCUT2D eigenvalue weighted by Gasteiger charge is 2.19. The van der Waals surface area contributed by atoms with Gasteiger partial charge in [0.25, 0.3) is 0 Å². The fourth-order valence-corrected chi connectivity index (χ4v) is 4.41. The number of nitrogens with one attached hydrogen (secondary N) is 1. The van der Waals surface area contributed by atoms with E-state index in [1.54, 1.807) is 18.2 Å². The second-order valence-electron chi connectivity index (χ2n) is 7.14. The van der Waals surface area contributed by atoms with Crippen LogP contribution < -0.4 is 10.1 Å². The minimum Gasteiger partial charge on any atom is -0.492 e. The summed E-state index contributed by atoms with van der Waals surface area (Å²) in [6, 6.07) is 15.2. The Morgan fingerprint density at radius 2 is 2.13 bits per heavy atom. The van der Waals surface area contributed by atoms with Crippen LogP contribution in [0.4, 0.5) is 0 Å². The van der Waals surface area contributed by atoms with E-state index in [4.69, 9.17) is 21.6 Å². The lowest BCUT2D eigenvalue weighted by molar-refractivity contribution is 0.159. The highest BCUT2D eigenvalue weighted by Crippen LogP contribution is 2.17. The Bertz CT molecular complexity index is 968. The van der Waals surface area contributed by atoms with Crippen LogP contribution in [0.1, 0.15) is 18.1 Å². The zero-order chi connectivity index (χ0) is 21.3. The minimum absolute atomic E-state index is 0.233. The predicted octanol–water partition coefficient (Wildman–Crippen LogP) is 3.63. The summed E-state index contributed by atoms with van der Waals surface area (Å²) in [6.45, 7) is 6.65. The summed E-state index contributed by atoms with van der Waals surface area (Å²) < 4.78 is 21.8. The van der Waals surface area contributed by atoms with Gasteiger partial charge in [-0.1, -0.05) is 28.6 Å². The smallest absolute Gasteiger partial charge is 0.119 e. The van der Waals surface area contributed by atoms with E-state index in [1.165, 1.54) is 0 Å². The lowest BCUT2D eigenvalue weighted by Crippen LogP contribution is -2.53. The zero-order valence-electron chi connectivity index (χ0n) is 17.0. The van der Waals surface area contributed by atoms with Crippen LogP contribution in [-0.4, -0.2) is 50.3 Å². The third-order valence-corrected chi connectivity index (χ3v) is 6.25. The maximum absolute atomic E-state index is 11.9. The van der Waals surface area contributed by atoms with Gasteiger partial charge >= 0.3 is 0 Å². The van der Waals surface area contributed by atoms with Crippen molar-refractivity contribution >= 4 is 22.2 Å². The third-order valence-electron chi connectivity index (χ3n) is 4.87. The lowest BCUT2D eigenvalue weighted by atomic mass is 10.1. The summed E-state index contributed by atoms with van der Waals surface area (Å²) in [5.74, 6) is 0.758. The molecule has 2 aromatic rings. The van der Waals surface area contributed by atoms with Gasteiger partial charge in [0.05, 0.1) is 17.7 Å². The molecule has 0 aliphatic carbocycles. The van der Waals surface area contributed by atoms with Crippen LogP contribution in [0.2, 0.25) is 5.02 Å². The molecule has 1 aliphatic rings. The van der Waals surface area contributed by atoms with Gasteiger partial charge in [0.2, 0.25) is 0 Å². The first-order chi connectivity index (χ1) is 14.6. The van der Waals surface area contributed by atoms with Gasteiger partial charge in [-0.3, -0.25) is 0 Å². The van der Waals surface area contributed by atoms with E-state index in [2.05, 4.69) is 20.6 Å². The van der Waals surface area contributed by atoms with Crippen molar-refractivity contribution in [3.8, 4) is 11.8 Å². The lowest BCUT2D eigenvalue weighted by Gasteiger charge is -2.33. The highest BCUT2D eigenvalue weighted by atomic mass is 35.5. The van der Waals surface area contributed by atoms with Crippen LogP contribution in [0.15, 0.2) is 51.7 Å². The summed E-state index contributed by atoms with van der Waals surface area (Å²) in [6.07, 6.45) is 0.851. The van der Waals surface area contributed by atoms with Gasteiger partial charge in [0.1, 0.15) is 12.4 Å². The van der Waals surface area contributed by atoms with Gasteiger partial charge < -0.3 is 23.5 Å². The fourth-order valence-electron chi connectivity index (χ4n) is 3.40. The molecule has 6 nitrogen and oxygen atoms in total. The summed E-state index contributed by atoms with van der Waals surface area (Å²) in [5, 5.41) is 13.2. The van der Waals surface area contributed by atoms with Crippen molar-refractivity contribution in [2.24, 2.45) is 4.36 Å². The topological polar surface area (TPSA) is 77.7 Å². The molecule has 0 spiro atoms. The molecule has 2 aromatic carbocycles. The van der Waals surface area contributed by atoms with E-state index in [-0.39, 0.29) is 6.04 Å². The van der Waals surface area contributed by atoms with Gasteiger partial charge in [-0.15, -0.1) is 0 Å². The van der Waals surface area contributed by atoms with Gasteiger partial charge in [-0.25, -0.2) is 0 Å². The average molecular weight is 446 g/mol. The number of nitrogens with zero attached hydrogens (tertiary/aromatic N) is 3. The monoisotopic (exact) mass is 445 g/mol. The Balaban J connectivity index is 1.48. The van der Waals surface area contributed by atoms with Gasteiger partial charge in [-0.05, 0) is 49.2 Å². The van der Waals surface area contributed by atoms with Crippen LogP contribution in [0.3, 0.4) is 0 Å². The fraction of sp³-hybridized carbons (Fsp3) is 0.409. The summed E-state index contributed by atoms with van der Waals surface area (Å²) in [5.41, 5.74) is 1.68. The number of halogens is 1. The normalized spacial score (nSPS) is 18.1. The number of rotatable bonds is 8. The second-order valence-corrected chi connectivity index (χ2v) is 8.80. The molecule has 0 aromatic heterocycles. The molecule has 8 heteroatoms. The molecule has 160 valence electrons. The quantitative estimate of drug-likeness (QED) is 0.628. The Morgan fingerprint density at radius 1 is 1.33 bits per heavy atom. The van der Waals surface area contributed by atoms with Crippen molar-refractivity contribution in [2.75, 3.05) is 39.3 Å². The number of ether oxygens (including phenoxy) is 1. The third kappa shape index (κ3) is 6.71. The van der Waals surface area contributed by atoms with E-state index < -0.39 is 10.6 Å². The van der Waals surface area contributed by atoms with Gasteiger partial charge in [-0.2, -0.15) is 15.9 Å². The molecule has 1 atom stereocenters. The first kappa shape index (κ1) is 22.6. The number of hydrogen-bond acceptors (Lipinski definition) is 7. The number of benzene rings is 2. The summed E-state index contributed by atoms with van der Waals surface area (Å²) >= 11 is 6.10. The minimum atomic E-state index is -1.30. The number of piperazine rings is 1. The molecular weight excluding hydrogens is 420 g/mol. The zero-order valence-corrected chi connectivity index (χ0v) is 18.6. The van der Waals surface area contributed by atoms with Crippen molar-refractivity contribution in [3.63, 3.8) is 0 Å². The maximum Gasteiger partial charge on any atom is 0.119 e. The Labute approximate surface area is 185 Å². The molecule has 0 bridgehead atoms. The van der Waals surface area contributed by atoms with Crippen molar-refractivity contribution < 1.29 is 8.95 Å². The SMILES string of the molecule is CCN=[S-](=O)c1ccc(OC[C@@H]2CN(CCc3cc(Cl)cc(C#N)c3)CCN2)cc1. The Kier molecular flexibility index (Phi) is 8.52. The molecule has 30 heavy (non-hydrogen) atoms. The van der Waals surface area contributed by atoms with Crippen LogP contribution in [-0.2, 0) is 21.2 Å². The van der Waals surface area contributed by atoms with Gasteiger partial charge in [0.15, 0.2) is 0 Å². The van der Waals surface area contributed by atoms with Crippen molar-refractivity contribution in [3.05, 3.63) is 58.6 Å². The summed E-state index contributed by atoms with van der Waals surface area (Å²) in [7, 11) is -1.30. The molecule has 1 aliphatic heterocycles. The summed E-state index contributed by atoms with van der Waals surface area (Å²) in [4.78, 5) is 3.09. The molecule has 0 amide bonds. The average Bonchev–Trinajstić information content (AvgIpc) is 2.76. The van der Waals surface area contributed by atoms with E-state index in [0.717, 1.165) is 43.9 Å². The molecule has 1 heterocycles. The number of nitriles is 1.